The predicted octanol–water partition coefficient (Wildman–Crippen LogP) is 4.05. The van der Waals surface area contributed by atoms with Gasteiger partial charge in [-0.15, -0.1) is 0 Å². The first-order valence-electron chi connectivity index (χ1n) is 6.49. The number of amides is 1. The second-order valence-electron chi connectivity index (χ2n) is 4.69. The van der Waals surface area contributed by atoms with Crippen LogP contribution in [0.3, 0.4) is 0 Å². The van der Waals surface area contributed by atoms with E-state index in [1.54, 1.807) is 42.5 Å². The monoisotopic (exact) mass is 381 g/mol. The zero-order valence-electron chi connectivity index (χ0n) is 11.4. The topological polar surface area (TPSA) is 66.4 Å². The molecule has 0 saturated heterocycles. The molecule has 0 saturated carbocycles. The highest BCUT2D eigenvalue weighted by molar-refractivity contribution is 9.10. The number of carbonyl (C=O) groups is 2. The standard InChI is InChI=1S/C16H13BrClNO3/c17-12-3-1-2-11(8-12)16(22)19-14(9-15(20)21)10-4-6-13(18)7-5-10/h1-8,14H,9H2,(H,19,22)(H,20,21). The Balaban J connectivity index is 2.21. The molecule has 0 aliphatic heterocycles. The van der Waals surface area contributed by atoms with Crippen LogP contribution in [0, 0.1) is 0 Å². The van der Waals surface area contributed by atoms with E-state index in [9.17, 15) is 9.59 Å². The predicted molar refractivity (Wildman–Crippen MR) is 88.1 cm³/mol. The fraction of sp³-hybridized carbons (Fsp3) is 0.125. The number of carbonyl (C=O) groups excluding carboxylic acids is 1. The second-order valence-corrected chi connectivity index (χ2v) is 6.04. The Kier molecular flexibility index (Phi) is 5.57. The number of carboxylic acids is 1. The Morgan fingerprint density at radius 2 is 1.86 bits per heavy atom. The van der Waals surface area contributed by atoms with Crippen molar-refractivity contribution in [3.63, 3.8) is 0 Å². The molecule has 2 rings (SSSR count). The largest absolute Gasteiger partial charge is 0.481 e. The SMILES string of the molecule is O=C(O)CC(NC(=O)c1cccc(Br)c1)c1ccc(Cl)cc1. The molecule has 1 unspecified atom stereocenters. The van der Waals surface area contributed by atoms with Crippen LogP contribution >= 0.6 is 27.5 Å². The van der Waals surface area contributed by atoms with Crippen molar-refractivity contribution in [1.82, 2.24) is 5.32 Å². The first-order chi connectivity index (χ1) is 10.5. The van der Waals surface area contributed by atoms with E-state index in [1.165, 1.54) is 0 Å². The lowest BCUT2D eigenvalue weighted by Crippen LogP contribution is -2.30. The van der Waals surface area contributed by atoms with E-state index in [1.807, 2.05) is 6.07 Å². The molecule has 4 nitrogen and oxygen atoms in total. The number of rotatable bonds is 5. The number of hydrogen-bond acceptors (Lipinski definition) is 2. The zero-order valence-corrected chi connectivity index (χ0v) is 13.8. The molecule has 0 bridgehead atoms. The van der Waals surface area contributed by atoms with Gasteiger partial charge >= 0.3 is 5.97 Å². The van der Waals surface area contributed by atoms with E-state index in [0.29, 0.717) is 16.1 Å². The van der Waals surface area contributed by atoms with Gasteiger partial charge in [0.05, 0.1) is 12.5 Å². The molecule has 2 N–H and O–H groups in total. The lowest BCUT2D eigenvalue weighted by Gasteiger charge is -2.17. The van der Waals surface area contributed by atoms with Crippen LogP contribution in [0.5, 0.6) is 0 Å². The molecule has 0 radical (unpaired) electrons. The fourth-order valence-corrected chi connectivity index (χ4v) is 2.52. The Labute approximate surface area is 141 Å². The van der Waals surface area contributed by atoms with Crippen molar-refractivity contribution in [3.8, 4) is 0 Å². The molecule has 22 heavy (non-hydrogen) atoms. The first-order valence-corrected chi connectivity index (χ1v) is 7.66. The fourth-order valence-electron chi connectivity index (χ4n) is 1.99. The highest BCUT2D eigenvalue weighted by atomic mass is 79.9. The van der Waals surface area contributed by atoms with Gasteiger partial charge in [0.1, 0.15) is 0 Å². The Morgan fingerprint density at radius 3 is 2.45 bits per heavy atom. The van der Waals surface area contributed by atoms with Gasteiger partial charge in [0.2, 0.25) is 0 Å². The van der Waals surface area contributed by atoms with Gasteiger partial charge in [0.15, 0.2) is 0 Å². The molecule has 0 aliphatic carbocycles. The van der Waals surface area contributed by atoms with Crippen LogP contribution in [-0.2, 0) is 4.79 Å². The van der Waals surface area contributed by atoms with E-state index in [4.69, 9.17) is 16.7 Å². The van der Waals surface area contributed by atoms with E-state index in [0.717, 1.165) is 4.47 Å². The molecular formula is C16H13BrClNO3. The molecular weight excluding hydrogens is 370 g/mol. The van der Waals surface area contributed by atoms with Crippen LogP contribution in [0.1, 0.15) is 28.4 Å². The molecule has 114 valence electrons. The summed E-state index contributed by atoms with van der Waals surface area (Å²) in [7, 11) is 0. The van der Waals surface area contributed by atoms with Gasteiger partial charge in [-0.25, -0.2) is 0 Å². The summed E-state index contributed by atoms with van der Waals surface area (Å²) in [4.78, 5) is 23.3. The molecule has 0 heterocycles. The molecule has 1 atom stereocenters. The van der Waals surface area contributed by atoms with E-state index in [2.05, 4.69) is 21.2 Å². The minimum Gasteiger partial charge on any atom is -0.481 e. The summed E-state index contributed by atoms with van der Waals surface area (Å²) in [6.45, 7) is 0. The minimum absolute atomic E-state index is 0.207. The maximum absolute atomic E-state index is 12.3. The number of halogens is 2. The third kappa shape index (κ3) is 4.58. The summed E-state index contributed by atoms with van der Waals surface area (Å²) in [5, 5.41) is 12.3. The van der Waals surface area contributed by atoms with Gasteiger partial charge in [-0.2, -0.15) is 0 Å². The van der Waals surface area contributed by atoms with Crippen molar-refractivity contribution in [2.45, 2.75) is 12.5 Å². The molecule has 2 aromatic carbocycles. The van der Waals surface area contributed by atoms with Crippen molar-refractivity contribution in [1.29, 1.82) is 0 Å². The summed E-state index contributed by atoms with van der Waals surface area (Å²) in [5.74, 6) is -1.32. The average Bonchev–Trinajstić information content (AvgIpc) is 2.47. The normalized spacial score (nSPS) is 11.7. The third-order valence-electron chi connectivity index (χ3n) is 3.04. The molecule has 6 heteroatoms. The van der Waals surface area contributed by atoms with Crippen molar-refractivity contribution in [2.24, 2.45) is 0 Å². The molecule has 0 spiro atoms. The quantitative estimate of drug-likeness (QED) is 0.820. The smallest absolute Gasteiger partial charge is 0.305 e. The summed E-state index contributed by atoms with van der Waals surface area (Å²) >= 11 is 9.13. The number of hydrogen-bond donors (Lipinski definition) is 2. The van der Waals surface area contributed by atoms with Gasteiger partial charge in [-0.3, -0.25) is 9.59 Å². The number of nitrogens with one attached hydrogen (secondary N) is 1. The van der Waals surface area contributed by atoms with Crippen LogP contribution < -0.4 is 5.32 Å². The maximum atomic E-state index is 12.3. The van der Waals surface area contributed by atoms with Gasteiger partial charge in [-0.1, -0.05) is 45.7 Å². The van der Waals surface area contributed by atoms with Crippen molar-refractivity contribution < 1.29 is 14.7 Å². The molecule has 0 aromatic heterocycles. The Morgan fingerprint density at radius 1 is 1.18 bits per heavy atom. The van der Waals surface area contributed by atoms with Crippen LogP contribution in [0.25, 0.3) is 0 Å². The summed E-state index contributed by atoms with van der Waals surface area (Å²) < 4.78 is 0.779. The first kappa shape index (κ1) is 16.5. The summed E-state index contributed by atoms with van der Waals surface area (Å²) in [5.41, 5.74) is 1.15. The van der Waals surface area contributed by atoms with Crippen molar-refractivity contribution in [3.05, 3.63) is 69.2 Å². The molecule has 0 fully saturated rings. The summed E-state index contributed by atoms with van der Waals surface area (Å²) in [6.07, 6.45) is -0.207. The minimum atomic E-state index is -0.991. The van der Waals surface area contributed by atoms with Crippen LogP contribution in [0.15, 0.2) is 53.0 Å². The average molecular weight is 383 g/mol. The molecule has 2 aromatic rings. The zero-order chi connectivity index (χ0) is 16.1. The lowest BCUT2D eigenvalue weighted by molar-refractivity contribution is -0.137. The number of carboxylic acid groups (broad SMARTS) is 1. The van der Waals surface area contributed by atoms with Crippen LogP contribution in [0.2, 0.25) is 5.02 Å². The second kappa shape index (κ2) is 7.42. The highest BCUT2D eigenvalue weighted by Gasteiger charge is 2.19. The van der Waals surface area contributed by atoms with Gasteiger partial charge in [0, 0.05) is 15.1 Å². The van der Waals surface area contributed by atoms with E-state index < -0.39 is 12.0 Å². The molecule has 1 amide bonds. The Hall–Kier alpha value is -1.85. The van der Waals surface area contributed by atoms with Gasteiger partial charge < -0.3 is 10.4 Å². The number of aliphatic carboxylic acids is 1. The number of benzene rings is 2. The third-order valence-corrected chi connectivity index (χ3v) is 3.79. The van der Waals surface area contributed by atoms with Crippen molar-refractivity contribution in [2.75, 3.05) is 0 Å². The van der Waals surface area contributed by atoms with Gasteiger partial charge in [-0.05, 0) is 35.9 Å². The van der Waals surface area contributed by atoms with Crippen LogP contribution in [0.4, 0.5) is 0 Å². The summed E-state index contributed by atoms with van der Waals surface area (Å²) in [6, 6.07) is 13.0. The Bertz CT molecular complexity index is 688. The van der Waals surface area contributed by atoms with E-state index >= 15 is 0 Å². The van der Waals surface area contributed by atoms with E-state index in [-0.39, 0.29) is 12.3 Å². The van der Waals surface area contributed by atoms with Crippen LogP contribution in [-0.4, -0.2) is 17.0 Å². The maximum Gasteiger partial charge on any atom is 0.305 e. The van der Waals surface area contributed by atoms with Gasteiger partial charge in [0.25, 0.3) is 5.91 Å². The van der Waals surface area contributed by atoms with Crippen molar-refractivity contribution >= 4 is 39.4 Å². The lowest BCUT2D eigenvalue weighted by atomic mass is 10.0. The molecule has 0 aliphatic rings. The highest BCUT2D eigenvalue weighted by Crippen LogP contribution is 2.20.